The number of hydrogen-bond donors (Lipinski definition) is 1. The Kier molecular flexibility index (Phi) is 2.76. The smallest absolute Gasteiger partial charge is 0.131 e. The highest BCUT2D eigenvalue weighted by Crippen LogP contribution is 2.40. The summed E-state index contributed by atoms with van der Waals surface area (Å²) in [5.41, 5.74) is 2.17. The van der Waals surface area contributed by atoms with Crippen molar-refractivity contribution in [2.24, 2.45) is 0 Å². The molecule has 2 aromatic rings. The first-order chi connectivity index (χ1) is 8.58. The number of benzene rings is 1. The standard InChI is InChI=1S/C15H16FNS/c1-15(2)9-17-8-10-7-13(18-14(10)15)11-5-3-4-6-12(11)16/h3-7,17H,8-9H2,1-2H3. The minimum absolute atomic E-state index is 0.137. The maximum Gasteiger partial charge on any atom is 0.131 e. The Bertz CT molecular complexity index is 586. The summed E-state index contributed by atoms with van der Waals surface area (Å²) in [5, 5.41) is 3.42. The lowest BCUT2D eigenvalue weighted by molar-refractivity contribution is 0.445. The van der Waals surface area contributed by atoms with Gasteiger partial charge in [-0.15, -0.1) is 11.3 Å². The van der Waals surface area contributed by atoms with Crippen LogP contribution in [-0.2, 0) is 12.0 Å². The summed E-state index contributed by atoms with van der Waals surface area (Å²) in [5.74, 6) is -0.137. The van der Waals surface area contributed by atoms with Gasteiger partial charge in [-0.1, -0.05) is 32.0 Å². The van der Waals surface area contributed by atoms with E-state index in [1.54, 1.807) is 17.4 Å². The van der Waals surface area contributed by atoms with Crippen molar-refractivity contribution < 1.29 is 4.39 Å². The van der Waals surface area contributed by atoms with Crippen molar-refractivity contribution in [3.05, 3.63) is 46.6 Å². The van der Waals surface area contributed by atoms with Crippen LogP contribution in [-0.4, -0.2) is 6.54 Å². The van der Waals surface area contributed by atoms with Crippen molar-refractivity contribution in [3.63, 3.8) is 0 Å². The normalized spacial score (nSPS) is 17.5. The fraction of sp³-hybridized carbons (Fsp3) is 0.333. The average molecular weight is 261 g/mol. The summed E-state index contributed by atoms with van der Waals surface area (Å²) in [7, 11) is 0. The van der Waals surface area contributed by atoms with Gasteiger partial charge in [0, 0.05) is 33.8 Å². The molecule has 1 aliphatic rings. The highest BCUT2D eigenvalue weighted by atomic mass is 32.1. The van der Waals surface area contributed by atoms with Crippen LogP contribution < -0.4 is 5.32 Å². The van der Waals surface area contributed by atoms with E-state index in [4.69, 9.17) is 0 Å². The van der Waals surface area contributed by atoms with Crippen molar-refractivity contribution in [3.8, 4) is 10.4 Å². The van der Waals surface area contributed by atoms with Gasteiger partial charge in [0.05, 0.1) is 0 Å². The number of hydrogen-bond acceptors (Lipinski definition) is 2. The zero-order valence-corrected chi connectivity index (χ0v) is 11.4. The van der Waals surface area contributed by atoms with Crippen LogP contribution in [0.2, 0.25) is 0 Å². The molecule has 0 saturated heterocycles. The number of nitrogens with one attached hydrogen (secondary N) is 1. The summed E-state index contributed by atoms with van der Waals surface area (Å²) >= 11 is 1.73. The van der Waals surface area contributed by atoms with Crippen LogP contribution in [0.5, 0.6) is 0 Å². The van der Waals surface area contributed by atoms with Gasteiger partial charge in [-0.25, -0.2) is 4.39 Å². The molecule has 0 aliphatic carbocycles. The van der Waals surface area contributed by atoms with Gasteiger partial charge in [-0.3, -0.25) is 0 Å². The summed E-state index contributed by atoms with van der Waals surface area (Å²) < 4.78 is 13.8. The topological polar surface area (TPSA) is 12.0 Å². The van der Waals surface area contributed by atoms with Crippen LogP contribution in [0.3, 0.4) is 0 Å². The molecular formula is C15H16FNS. The molecule has 0 fully saturated rings. The van der Waals surface area contributed by atoms with Crippen LogP contribution in [0.15, 0.2) is 30.3 Å². The van der Waals surface area contributed by atoms with Crippen LogP contribution in [0.25, 0.3) is 10.4 Å². The van der Waals surface area contributed by atoms with Gasteiger partial charge < -0.3 is 5.32 Å². The Morgan fingerprint density at radius 2 is 2.06 bits per heavy atom. The van der Waals surface area contributed by atoms with Gasteiger partial charge in [0.2, 0.25) is 0 Å². The molecule has 18 heavy (non-hydrogen) atoms. The van der Waals surface area contributed by atoms with E-state index in [2.05, 4.69) is 25.2 Å². The van der Waals surface area contributed by atoms with Crippen LogP contribution in [0.1, 0.15) is 24.3 Å². The first kappa shape index (κ1) is 11.9. The van der Waals surface area contributed by atoms with Crippen molar-refractivity contribution in [2.75, 3.05) is 6.54 Å². The van der Waals surface area contributed by atoms with E-state index < -0.39 is 0 Å². The number of rotatable bonds is 1. The fourth-order valence-electron chi connectivity index (χ4n) is 2.52. The molecule has 94 valence electrons. The summed E-state index contributed by atoms with van der Waals surface area (Å²) in [4.78, 5) is 2.43. The zero-order valence-electron chi connectivity index (χ0n) is 10.6. The molecule has 3 heteroatoms. The molecule has 2 heterocycles. The Morgan fingerprint density at radius 1 is 1.28 bits per heavy atom. The lowest BCUT2D eigenvalue weighted by atomic mass is 9.86. The SMILES string of the molecule is CC1(C)CNCc2cc(-c3ccccc3F)sc21. The van der Waals surface area contributed by atoms with Gasteiger partial charge in [-0.05, 0) is 17.7 Å². The second-order valence-electron chi connectivity index (χ2n) is 5.43. The molecule has 1 aromatic heterocycles. The molecule has 0 amide bonds. The molecule has 0 spiro atoms. The first-order valence-electron chi connectivity index (χ1n) is 6.17. The quantitative estimate of drug-likeness (QED) is 0.820. The third kappa shape index (κ3) is 1.88. The molecule has 1 aromatic carbocycles. The van der Waals surface area contributed by atoms with E-state index in [1.165, 1.54) is 16.5 Å². The number of thiophene rings is 1. The van der Waals surface area contributed by atoms with Gasteiger partial charge in [0.15, 0.2) is 0 Å². The van der Waals surface area contributed by atoms with Crippen LogP contribution in [0, 0.1) is 5.82 Å². The highest BCUT2D eigenvalue weighted by molar-refractivity contribution is 7.15. The Hall–Kier alpha value is -1.19. The maximum atomic E-state index is 13.8. The molecule has 1 nitrogen and oxygen atoms in total. The Balaban J connectivity index is 2.12. The molecule has 0 unspecified atom stereocenters. The summed E-state index contributed by atoms with van der Waals surface area (Å²) in [6.45, 7) is 6.35. The fourth-order valence-corrected chi connectivity index (χ4v) is 3.82. The molecule has 0 saturated carbocycles. The molecular weight excluding hydrogens is 245 g/mol. The van der Waals surface area contributed by atoms with Crippen molar-refractivity contribution in [1.29, 1.82) is 0 Å². The molecule has 1 aliphatic heterocycles. The second-order valence-corrected chi connectivity index (χ2v) is 6.48. The Morgan fingerprint density at radius 3 is 2.78 bits per heavy atom. The lowest BCUT2D eigenvalue weighted by Crippen LogP contribution is -2.37. The minimum Gasteiger partial charge on any atom is -0.312 e. The van der Waals surface area contributed by atoms with Crippen molar-refractivity contribution in [2.45, 2.75) is 25.8 Å². The largest absolute Gasteiger partial charge is 0.312 e. The number of halogens is 1. The third-order valence-electron chi connectivity index (χ3n) is 3.45. The van der Waals surface area contributed by atoms with Crippen LogP contribution in [0.4, 0.5) is 4.39 Å². The minimum atomic E-state index is -0.137. The van der Waals surface area contributed by atoms with Crippen molar-refractivity contribution in [1.82, 2.24) is 5.32 Å². The van der Waals surface area contributed by atoms with E-state index in [0.717, 1.165) is 18.0 Å². The number of fused-ring (bicyclic) bond motifs is 1. The van der Waals surface area contributed by atoms with Gasteiger partial charge in [0.25, 0.3) is 0 Å². The average Bonchev–Trinajstić information content (AvgIpc) is 2.74. The summed E-state index contributed by atoms with van der Waals surface area (Å²) in [6, 6.07) is 9.13. The van der Waals surface area contributed by atoms with Gasteiger partial charge in [-0.2, -0.15) is 0 Å². The van der Waals surface area contributed by atoms with E-state index in [0.29, 0.717) is 5.56 Å². The van der Waals surface area contributed by atoms with Gasteiger partial charge in [0.1, 0.15) is 5.82 Å². The maximum absolute atomic E-state index is 13.8. The van der Waals surface area contributed by atoms with E-state index in [-0.39, 0.29) is 11.2 Å². The summed E-state index contributed by atoms with van der Waals surface area (Å²) in [6.07, 6.45) is 0. The molecule has 1 N–H and O–H groups in total. The van der Waals surface area contributed by atoms with E-state index in [9.17, 15) is 4.39 Å². The second kappa shape index (κ2) is 4.18. The lowest BCUT2D eigenvalue weighted by Gasteiger charge is -2.30. The highest BCUT2D eigenvalue weighted by Gasteiger charge is 2.30. The van der Waals surface area contributed by atoms with E-state index in [1.807, 2.05) is 12.1 Å². The van der Waals surface area contributed by atoms with Gasteiger partial charge >= 0.3 is 0 Å². The predicted molar refractivity (Wildman–Crippen MR) is 74.4 cm³/mol. The molecule has 0 atom stereocenters. The third-order valence-corrected chi connectivity index (χ3v) is 5.02. The molecule has 3 rings (SSSR count). The van der Waals surface area contributed by atoms with Crippen LogP contribution >= 0.6 is 11.3 Å². The molecule has 0 radical (unpaired) electrons. The predicted octanol–water partition coefficient (Wildman–Crippen LogP) is 3.94. The Labute approximate surface area is 111 Å². The molecule has 0 bridgehead atoms. The van der Waals surface area contributed by atoms with Crippen molar-refractivity contribution >= 4 is 11.3 Å². The monoisotopic (exact) mass is 261 g/mol. The first-order valence-corrected chi connectivity index (χ1v) is 6.98. The zero-order chi connectivity index (χ0) is 12.8. The van der Waals surface area contributed by atoms with E-state index >= 15 is 0 Å².